The van der Waals surface area contributed by atoms with Crippen LogP contribution in [0.4, 0.5) is 10.1 Å². The van der Waals surface area contributed by atoms with Crippen LogP contribution in [0.2, 0.25) is 0 Å². The molecule has 8 heteroatoms. The Bertz CT molecular complexity index is 1520. The zero-order valence-electron chi connectivity index (χ0n) is 19.7. The Balaban J connectivity index is 1.49. The maximum atomic E-state index is 14.5. The Hall–Kier alpha value is -3.40. The number of aromatic hydroxyl groups is 1. The van der Waals surface area contributed by atoms with E-state index in [2.05, 4.69) is 22.6 Å². The minimum absolute atomic E-state index is 0.161. The molecule has 0 saturated carbocycles. The lowest BCUT2D eigenvalue weighted by Crippen LogP contribution is -2.39. The number of carbonyl (C=O) groups is 4. The highest BCUT2D eigenvalue weighted by Gasteiger charge is 2.56. The monoisotopic (exact) mass is 609 g/mol. The second kappa shape index (κ2) is 8.58. The second-order valence-electron chi connectivity index (χ2n) is 9.93. The summed E-state index contributed by atoms with van der Waals surface area (Å²) >= 11 is 2.15. The number of halogens is 2. The molecule has 3 aliphatic carbocycles. The molecule has 37 heavy (non-hydrogen) atoms. The molecule has 4 aliphatic rings. The fourth-order valence-electron chi connectivity index (χ4n) is 6.31. The third kappa shape index (κ3) is 3.56. The van der Waals surface area contributed by atoms with E-state index in [9.17, 15) is 28.7 Å². The number of carbonyl (C=O) groups excluding carboxylic acids is 4. The number of phenolic OH excluding ortho intramolecular Hbond substituents is 1. The molecule has 6 rings (SSSR count). The van der Waals surface area contributed by atoms with Crippen molar-refractivity contribution in [2.75, 3.05) is 4.90 Å². The predicted molar refractivity (Wildman–Crippen MR) is 141 cm³/mol. The number of amides is 2. The summed E-state index contributed by atoms with van der Waals surface area (Å²) in [7, 11) is 0. The summed E-state index contributed by atoms with van der Waals surface area (Å²) in [6.45, 7) is 1.58. The Labute approximate surface area is 225 Å². The molecule has 2 amide bonds. The van der Waals surface area contributed by atoms with Crippen LogP contribution < -0.4 is 4.90 Å². The average Bonchev–Trinajstić information content (AvgIpc) is 3.13. The lowest BCUT2D eigenvalue weighted by atomic mass is 9.59. The van der Waals surface area contributed by atoms with Crippen molar-refractivity contribution in [2.24, 2.45) is 17.8 Å². The van der Waals surface area contributed by atoms with Crippen molar-refractivity contribution < 1.29 is 28.7 Å². The van der Waals surface area contributed by atoms with Crippen molar-refractivity contribution in [3.8, 4) is 5.75 Å². The first-order valence-corrected chi connectivity index (χ1v) is 13.1. The highest BCUT2D eigenvalue weighted by atomic mass is 127. The van der Waals surface area contributed by atoms with Crippen LogP contribution >= 0.6 is 22.6 Å². The third-order valence-electron chi connectivity index (χ3n) is 7.95. The summed E-state index contributed by atoms with van der Waals surface area (Å²) in [6, 6.07) is 11.1. The molecule has 2 aromatic rings. The standard InChI is InChI=1S/C29H21FINO5/c1-13-10-23(34)26-20(27(13)35)12-19-17(24(26)14-2-9-22(33)21(30)11-14)7-8-18-25(19)29(37)32(28(18)36)16-5-3-15(31)4-6-16/h2-7,9-11,18-19,24-25,33H,8,12H2,1H3. The molecular formula is C29H21FINO5. The number of ketones is 2. The fraction of sp³-hybridized carbons (Fsp3) is 0.241. The van der Waals surface area contributed by atoms with E-state index in [1.165, 1.54) is 29.2 Å². The van der Waals surface area contributed by atoms with E-state index < -0.39 is 35.2 Å². The number of allylic oxidation sites excluding steroid dienone is 6. The number of benzene rings is 2. The molecule has 1 N–H and O–H groups in total. The van der Waals surface area contributed by atoms with Gasteiger partial charge in [-0.25, -0.2) is 4.39 Å². The van der Waals surface area contributed by atoms with E-state index in [-0.39, 0.29) is 35.4 Å². The van der Waals surface area contributed by atoms with Crippen LogP contribution in [-0.4, -0.2) is 28.5 Å². The summed E-state index contributed by atoms with van der Waals surface area (Å²) in [5, 5.41) is 9.76. The number of imide groups is 1. The Morgan fingerprint density at radius 3 is 2.43 bits per heavy atom. The zero-order valence-corrected chi connectivity index (χ0v) is 21.9. The summed E-state index contributed by atoms with van der Waals surface area (Å²) < 4.78 is 15.4. The largest absolute Gasteiger partial charge is 0.505 e. The van der Waals surface area contributed by atoms with Gasteiger partial charge < -0.3 is 5.11 Å². The molecule has 1 saturated heterocycles. The van der Waals surface area contributed by atoms with E-state index in [0.29, 0.717) is 28.8 Å². The molecular weight excluding hydrogens is 588 g/mol. The van der Waals surface area contributed by atoms with Crippen LogP contribution in [-0.2, 0) is 19.2 Å². The number of rotatable bonds is 2. The van der Waals surface area contributed by atoms with Crippen molar-refractivity contribution in [1.82, 2.24) is 0 Å². The first-order chi connectivity index (χ1) is 17.7. The van der Waals surface area contributed by atoms with Crippen LogP contribution in [0.25, 0.3) is 0 Å². The lowest BCUT2D eigenvalue weighted by Gasteiger charge is -2.42. The van der Waals surface area contributed by atoms with Gasteiger partial charge >= 0.3 is 0 Å². The molecule has 6 nitrogen and oxygen atoms in total. The molecule has 0 bridgehead atoms. The van der Waals surface area contributed by atoms with Crippen LogP contribution in [0, 0.1) is 27.1 Å². The summed E-state index contributed by atoms with van der Waals surface area (Å²) in [5.41, 5.74) is 2.57. The van der Waals surface area contributed by atoms with Crippen LogP contribution in [0.3, 0.4) is 0 Å². The fourth-order valence-corrected chi connectivity index (χ4v) is 6.67. The minimum Gasteiger partial charge on any atom is -0.505 e. The van der Waals surface area contributed by atoms with Gasteiger partial charge in [-0.05, 0) is 96.3 Å². The highest BCUT2D eigenvalue weighted by Crippen LogP contribution is 2.55. The Kier molecular flexibility index (Phi) is 5.56. The molecule has 4 unspecified atom stereocenters. The lowest BCUT2D eigenvalue weighted by molar-refractivity contribution is -0.123. The highest BCUT2D eigenvalue weighted by molar-refractivity contribution is 14.1. The molecule has 2 aromatic carbocycles. The van der Waals surface area contributed by atoms with Gasteiger partial charge in [-0.3, -0.25) is 24.1 Å². The summed E-state index contributed by atoms with van der Waals surface area (Å²) in [4.78, 5) is 55.0. The molecule has 1 aliphatic heterocycles. The first-order valence-electron chi connectivity index (χ1n) is 12.0. The number of nitrogens with zero attached hydrogens (tertiary/aromatic N) is 1. The number of hydrogen-bond donors (Lipinski definition) is 1. The minimum atomic E-state index is -0.839. The van der Waals surface area contributed by atoms with Crippen LogP contribution in [0.5, 0.6) is 5.75 Å². The maximum Gasteiger partial charge on any atom is 0.238 e. The molecule has 186 valence electrons. The predicted octanol–water partition coefficient (Wildman–Crippen LogP) is 4.77. The number of anilines is 1. The van der Waals surface area contributed by atoms with Gasteiger partial charge in [0.1, 0.15) is 0 Å². The van der Waals surface area contributed by atoms with Crippen molar-refractivity contribution >= 4 is 51.7 Å². The van der Waals surface area contributed by atoms with Gasteiger partial charge in [0.05, 0.1) is 17.5 Å². The quantitative estimate of drug-likeness (QED) is 0.229. The normalized spacial score (nSPS) is 27.1. The number of hydrogen-bond acceptors (Lipinski definition) is 5. The van der Waals surface area contributed by atoms with E-state index in [1.807, 2.05) is 18.2 Å². The van der Waals surface area contributed by atoms with E-state index >= 15 is 0 Å². The van der Waals surface area contributed by atoms with Gasteiger partial charge in [0.25, 0.3) is 0 Å². The summed E-state index contributed by atoms with van der Waals surface area (Å²) in [6.07, 6.45) is 3.66. The molecule has 0 spiro atoms. The maximum absolute atomic E-state index is 14.5. The SMILES string of the molecule is CC1=CC(=O)C2=C(CC3C(=CCC4C(=O)N(c5ccc(I)cc5)C(=O)C43)C2c2ccc(O)c(F)c2)C1=O. The molecule has 0 aromatic heterocycles. The number of phenols is 1. The van der Waals surface area contributed by atoms with Crippen molar-refractivity contribution in [1.29, 1.82) is 0 Å². The van der Waals surface area contributed by atoms with Crippen LogP contribution in [0.15, 0.2) is 76.9 Å². The van der Waals surface area contributed by atoms with Gasteiger partial charge in [-0.2, -0.15) is 0 Å². The smallest absolute Gasteiger partial charge is 0.238 e. The van der Waals surface area contributed by atoms with E-state index in [0.717, 1.165) is 9.14 Å². The van der Waals surface area contributed by atoms with Gasteiger partial charge in [0.2, 0.25) is 11.8 Å². The van der Waals surface area contributed by atoms with Crippen molar-refractivity contribution in [3.05, 3.63) is 91.9 Å². The third-order valence-corrected chi connectivity index (χ3v) is 8.67. The summed E-state index contributed by atoms with van der Waals surface area (Å²) in [5.74, 6) is -5.07. The molecule has 1 fully saturated rings. The zero-order chi connectivity index (χ0) is 26.2. The van der Waals surface area contributed by atoms with Crippen molar-refractivity contribution in [2.45, 2.75) is 25.7 Å². The topological polar surface area (TPSA) is 91.8 Å². The average molecular weight is 609 g/mol. The van der Waals surface area contributed by atoms with Crippen LogP contribution in [0.1, 0.15) is 31.2 Å². The van der Waals surface area contributed by atoms with Gasteiger partial charge in [0.15, 0.2) is 23.1 Å². The molecule has 4 atom stereocenters. The van der Waals surface area contributed by atoms with Crippen molar-refractivity contribution in [3.63, 3.8) is 0 Å². The Morgan fingerprint density at radius 2 is 1.73 bits per heavy atom. The Morgan fingerprint density at radius 1 is 1.00 bits per heavy atom. The molecule has 0 radical (unpaired) electrons. The van der Waals surface area contributed by atoms with Gasteiger partial charge in [-0.1, -0.05) is 17.7 Å². The number of Topliss-reactive ketones (excluding diaryl/α,β-unsaturated/α-hetero) is 1. The second-order valence-corrected chi connectivity index (χ2v) is 11.2. The van der Waals surface area contributed by atoms with Gasteiger partial charge in [-0.15, -0.1) is 0 Å². The molecule has 1 heterocycles. The first kappa shape index (κ1) is 24.0. The van der Waals surface area contributed by atoms with E-state index in [4.69, 9.17) is 0 Å². The van der Waals surface area contributed by atoms with E-state index in [1.54, 1.807) is 19.1 Å². The van der Waals surface area contributed by atoms with Gasteiger partial charge in [0, 0.05) is 26.2 Å². The number of fused-ring (bicyclic) bond motifs is 3.